The van der Waals surface area contributed by atoms with Crippen molar-refractivity contribution >= 4 is 18.5 Å². The van der Waals surface area contributed by atoms with Gasteiger partial charge in [-0.25, -0.2) is 0 Å². The maximum atomic E-state index is 13.7. The lowest BCUT2D eigenvalue weighted by atomic mass is 9.45. The van der Waals surface area contributed by atoms with Crippen LogP contribution in [0.3, 0.4) is 0 Å². The first-order chi connectivity index (χ1) is 16.5. The van der Waals surface area contributed by atoms with E-state index in [2.05, 4.69) is 26.1 Å². The summed E-state index contributed by atoms with van der Waals surface area (Å²) in [5.74, 6) is 0.907. The number of hydrogen-bond acceptors (Lipinski definition) is 8. The summed E-state index contributed by atoms with van der Waals surface area (Å²) in [7, 11) is -0.283. The van der Waals surface area contributed by atoms with Gasteiger partial charge in [-0.15, -0.1) is 0 Å². The van der Waals surface area contributed by atoms with Gasteiger partial charge in [0.05, 0.1) is 26.4 Å². The Labute approximate surface area is 207 Å². The standard InChI is InChI=1S/C25H39BN2O7/c1-13-17-9-16(25(17,3)4)10-19(13)27-24(31)22-21(14(2)30)20(12-29)35-28(22)11-15-7-6-8-18(26(32)33)23(15)34-5/h6-8,13-14,16-17,19-22,29-30,32-33H,9-12H2,1-5H3,(H,27,31)/t13-,14-,16+,17?,19-,20-,21+,22?/m0/s1. The van der Waals surface area contributed by atoms with Crippen LogP contribution in [-0.2, 0) is 16.2 Å². The van der Waals surface area contributed by atoms with Crippen LogP contribution in [-0.4, -0.2) is 76.4 Å². The maximum Gasteiger partial charge on any atom is 0.492 e. The van der Waals surface area contributed by atoms with Crippen LogP contribution in [0.4, 0.5) is 0 Å². The maximum absolute atomic E-state index is 13.7. The smallest absolute Gasteiger partial charge is 0.492 e. The third-order valence-electron chi connectivity index (χ3n) is 9.00. The summed E-state index contributed by atoms with van der Waals surface area (Å²) in [5, 5.41) is 44.7. The molecule has 0 radical (unpaired) electrons. The summed E-state index contributed by atoms with van der Waals surface area (Å²) in [6, 6.07) is 4.19. The molecule has 3 saturated carbocycles. The number of methoxy groups -OCH3 is 1. The number of ether oxygens (including phenoxy) is 1. The van der Waals surface area contributed by atoms with E-state index in [1.165, 1.54) is 18.6 Å². The molecule has 9 nitrogen and oxygen atoms in total. The lowest BCUT2D eigenvalue weighted by Gasteiger charge is -2.62. The number of amides is 1. The minimum atomic E-state index is -1.72. The highest BCUT2D eigenvalue weighted by molar-refractivity contribution is 6.59. The molecule has 1 aromatic rings. The molecule has 35 heavy (non-hydrogen) atoms. The Hall–Kier alpha value is -1.69. The molecule has 5 N–H and O–H groups in total. The molecule has 0 spiro atoms. The van der Waals surface area contributed by atoms with E-state index in [4.69, 9.17) is 9.57 Å². The number of benzene rings is 1. The van der Waals surface area contributed by atoms with Crippen LogP contribution in [0.2, 0.25) is 0 Å². The van der Waals surface area contributed by atoms with E-state index >= 15 is 0 Å². The highest BCUT2D eigenvalue weighted by Gasteiger charge is 2.57. The topological polar surface area (TPSA) is 132 Å². The quantitative estimate of drug-likeness (QED) is 0.323. The molecule has 4 aliphatic rings. The van der Waals surface area contributed by atoms with E-state index in [1.807, 2.05) is 0 Å². The average Bonchev–Trinajstić information content (AvgIpc) is 3.18. The van der Waals surface area contributed by atoms with Crippen LogP contribution in [0, 0.1) is 29.1 Å². The van der Waals surface area contributed by atoms with Gasteiger partial charge in [-0.3, -0.25) is 9.63 Å². The molecule has 8 atom stereocenters. The second kappa shape index (κ2) is 9.99. The van der Waals surface area contributed by atoms with E-state index in [0.29, 0.717) is 28.7 Å². The van der Waals surface area contributed by atoms with E-state index in [-0.39, 0.29) is 36.3 Å². The van der Waals surface area contributed by atoms with Crippen LogP contribution in [0.25, 0.3) is 0 Å². The van der Waals surface area contributed by atoms with Gasteiger partial charge in [0, 0.05) is 23.0 Å². The number of hydroxylamine groups is 2. The Morgan fingerprint density at radius 3 is 2.60 bits per heavy atom. The molecule has 0 aromatic heterocycles. The molecular formula is C25H39BN2O7. The molecule has 1 heterocycles. The molecule has 194 valence electrons. The zero-order valence-electron chi connectivity index (χ0n) is 21.2. The van der Waals surface area contributed by atoms with Gasteiger partial charge in [0.15, 0.2) is 0 Å². The summed E-state index contributed by atoms with van der Waals surface area (Å²) in [6.07, 6.45) is 0.488. The first-order valence-electron chi connectivity index (χ1n) is 12.6. The van der Waals surface area contributed by atoms with Crippen molar-refractivity contribution in [3.63, 3.8) is 0 Å². The van der Waals surface area contributed by atoms with Crippen LogP contribution >= 0.6 is 0 Å². The monoisotopic (exact) mass is 490 g/mol. The number of carbonyl (C=O) groups is 1. The van der Waals surface area contributed by atoms with Gasteiger partial charge in [0.25, 0.3) is 0 Å². The fourth-order valence-electron chi connectivity index (χ4n) is 6.83. The summed E-state index contributed by atoms with van der Waals surface area (Å²) in [4.78, 5) is 19.7. The third-order valence-corrected chi connectivity index (χ3v) is 9.00. The fraction of sp³-hybridized carbons (Fsp3) is 0.720. The number of aliphatic hydroxyl groups excluding tert-OH is 2. The van der Waals surface area contributed by atoms with Crippen molar-refractivity contribution in [2.45, 2.75) is 71.4 Å². The Morgan fingerprint density at radius 2 is 2.06 bits per heavy atom. The van der Waals surface area contributed by atoms with Crippen molar-refractivity contribution < 1.29 is 34.6 Å². The number of hydrogen-bond donors (Lipinski definition) is 5. The van der Waals surface area contributed by atoms with Crippen molar-refractivity contribution in [3.8, 4) is 5.75 Å². The molecule has 10 heteroatoms. The number of aliphatic hydroxyl groups is 2. The van der Waals surface area contributed by atoms with E-state index in [1.54, 1.807) is 25.1 Å². The van der Waals surface area contributed by atoms with Crippen LogP contribution in [0.5, 0.6) is 5.75 Å². The number of fused-ring (bicyclic) bond motifs is 2. The number of para-hydroxylation sites is 1. The summed E-state index contributed by atoms with van der Waals surface area (Å²) in [6.45, 7) is 8.18. The van der Waals surface area contributed by atoms with Crippen LogP contribution in [0.1, 0.15) is 46.1 Å². The minimum absolute atomic E-state index is 0.0475. The van der Waals surface area contributed by atoms with Gasteiger partial charge in [0.2, 0.25) is 5.91 Å². The third kappa shape index (κ3) is 4.60. The predicted octanol–water partition coefficient (Wildman–Crippen LogP) is 0.0356. The van der Waals surface area contributed by atoms with Gasteiger partial charge >= 0.3 is 7.12 Å². The Bertz CT molecular complexity index is 927. The molecule has 4 fully saturated rings. The van der Waals surface area contributed by atoms with E-state index in [0.717, 1.165) is 6.42 Å². The van der Waals surface area contributed by atoms with Gasteiger partial charge in [-0.1, -0.05) is 39.0 Å². The molecule has 2 unspecified atom stereocenters. The van der Waals surface area contributed by atoms with Gasteiger partial charge < -0.3 is 30.3 Å². The zero-order chi connectivity index (χ0) is 25.7. The molecule has 1 saturated heterocycles. The van der Waals surface area contributed by atoms with Crippen molar-refractivity contribution in [1.29, 1.82) is 0 Å². The largest absolute Gasteiger partial charge is 0.497 e. The molecule has 5 rings (SSSR count). The van der Waals surface area contributed by atoms with Gasteiger partial charge in [-0.05, 0) is 42.9 Å². The Morgan fingerprint density at radius 1 is 1.34 bits per heavy atom. The van der Waals surface area contributed by atoms with Gasteiger partial charge in [0.1, 0.15) is 17.9 Å². The lowest BCUT2D eigenvalue weighted by Crippen LogP contribution is -2.62. The van der Waals surface area contributed by atoms with E-state index in [9.17, 15) is 25.1 Å². The van der Waals surface area contributed by atoms with Crippen LogP contribution < -0.4 is 15.5 Å². The number of carbonyl (C=O) groups excluding carboxylic acids is 1. The summed E-state index contributed by atoms with van der Waals surface area (Å²) >= 11 is 0. The first kappa shape index (κ1) is 26.4. The lowest BCUT2D eigenvalue weighted by molar-refractivity contribution is -0.183. The molecule has 2 bridgehead atoms. The second-order valence-corrected chi connectivity index (χ2v) is 11.1. The number of rotatable bonds is 8. The predicted molar refractivity (Wildman–Crippen MR) is 130 cm³/mol. The Balaban J connectivity index is 1.59. The SMILES string of the molecule is COc1c(CN2O[C@@H](CO)[C@@H]([C@H](C)O)C2C(=O)N[C@H]2C[C@H]3CC([C@@H]2C)C3(C)C)cccc1B(O)O. The summed E-state index contributed by atoms with van der Waals surface area (Å²) < 4.78 is 5.44. The fourth-order valence-corrected chi connectivity index (χ4v) is 6.83. The minimum Gasteiger partial charge on any atom is -0.497 e. The average molecular weight is 490 g/mol. The van der Waals surface area contributed by atoms with E-state index < -0.39 is 31.3 Å². The number of nitrogens with zero attached hydrogens (tertiary/aromatic N) is 1. The zero-order valence-corrected chi connectivity index (χ0v) is 21.2. The highest BCUT2D eigenvalue weighted by atomic mass is 16.7. The van der Waals surface area contributed by atoms with Gasteiger partial charge in [-0.2, -0.15) is 5.06 Å². The molecule has 3 aliphatic carbocycles. The highest BCUT2D eigenvalue weighted by Crippen LogP contribution is 2.61. The number of nitrogens with one attached hydrogen (secondary N) is 1. The van der Waals surface area contributed by atoms with Crippen molar-refractivity contribution in [1.82, 2.24) is 10.4 Å². The normalized spacial score (nSPS) is 34.7. The van der Waals surface area contributed by atoms with Crippen molar-refractivity contribution in [2.75, 3.05) is 13.7 Å². The summed E-state index contributed by atoms with van der Waals surface area (Å²) in [5.41, 5.74) is 1.09. The molecule has 1 aromatic carbocycles. The van der Waals surface area contributed by atoms with Crippen LogP contribution in [0.15, 0.2) is 18.2 Å². The molecular weight excluding hydrogens is 451 g/mol. The van der Waals surface area contributed by atoms with Crippen molar-refractivity contribution in [3.05, 3.63) is 23.8 Å². The first-order valence-corrected chi connectivity index (χ1v) is 12.6. The molecule has 1 amide bonds. The van der Waals surface area contributed by atoms with Crippen molar-refractivity contribution in [2.24, 2.45) is 29.1 Å². The second-order valence-electron chi connectivity index (χ2n) is 11.1. The molecule has 1 aliphatic heterocycles. The Kier molecular flexibility index (Phi) is 7.53.